The highest BCUT2D eigenvalue weighted by atomic mass is 16.5. The van der Waals surface area contributed by atoms with Gasteiger partial charge < -0.3 is 14.0 Å². The maximum atomic E-state index is 12.1. The third kappa shape index (κ3) is 1.81. The van der Waals surface area contributed by atoms with Crippen LogP contribution in [0.5, 0.6) is 0 Å². The molecule has 0 unspecified atom stereocenters. The first kappa shape index (κ1) is 13.1. The smallest absolute Gasteiger partial charge is 0.137 e. The lowest BCUT2D eigenvalue weighted by atomic mass is 9.66. The zero-order chi connectivity index (χ0) is 14.5. The van der Waals surface area contributed by atoms with Crippen molar-refractivity contribution >= 4 is 5.78 Å². The monoisotopic (exact) mass is 275 g/mol. The van der Waals surface area contributed by atoms with Crippen LogP contribution in [0, 0.1) is 12.8 Å². The second-order valence-corrected chi connectivity index (χ2v) is 5.71. The third-order valence-electron chi connectivity index (χ3n) is 4.11. The first-order valence-electron chi connectivity index (χ1n) is 6.63. The molecule has 0 saturated carbocycles. The molecule has 3 rings (SSSR count). The number of hydrogen-bond donors (Lipinski definition) is 1. The van der Waals surface area contributed by atoms with E-state index in [1.165, 1.54) is 6.92 Å². The SMILES string of the molecule is CC(=O)[C@H]1[C@H](c2ccco2)c2c(noc2C)C[C@]1(C)O. The Hall–Kier alpha value is -1.88. The van der Waals surface area contributed by atoms with Gasteiger partial charge in [0, 0.05) is 12.0 Å². The Bertz CT molecular complexity index is 639. The molecular formula is C15H17NO4. The van der Waals surface area contributed by atoms with Gasteiger partial charge in [-0.05, 0) is 32.9 Å². The summed E-state index contributed by atoms with van der Waals surface area (Å²) in [6.07, 6.45) is 1.87. The van der Waals surface area contributed by atoms with Crippen LogP contribution in [0.15, 0.2) is 27.3 Å². The van der Waals surface area contributed by atoms with E-state index in [1.54, 1.807) is 19.3 Å². The predicted octanol–water partition coefficient (Wildman–Crippen LogP) is 2.22. The molecule has 0 fully saturated rings. The van der Waals surface area contributed by atoms with Crippen molar-refractivity contribution in [3.8, 4) is 0 Å². The third-order valence-corrected chi connectivity index (χ3v) is 4.11. The molecule has 0 aromatic carbocycles. The highest BCUT2D eigenvalue weighted by molar-refractivity contribution is 5.82. The average Bonchev–Trinajstić information content (AvgIpc) is 2.96. The molecule has 0 radical (unpaired) electrons. The molecule has 0 bridgehead atoms. The van der Waals surface area contributed by atoms with Crippen LogP contribution in [-0.4, -0.2) is 21.6 Å². The fourth-order valence-electron chi connectivity index (χ4n) is 3.37. The molecule has 5 nitrogen and oxygen atoms in total. The van der Waals surface area contributed by atoms with Gasteiger partial charge in [0.05, 0.1) is 29.4 Å². The van der Waals surface area contributed by atoms with Gasteiger partial charge in [0.2, 0.25) is 0 Å². The first-order chi connectivity index (χ1) is 9.42. The number of aliphatic hydroxyl groups is 1. The van der Waals surface area contributed by atoms with Gasteiger partial charge in [-0.25, -0.2) is 0 Å². The van der Waals surface area contributed by atoms with E-state index >= 15 is 0 Å². The minimum Gasteiger partial charge on any atom is -0.469 e. The van der Waals surface area contributed by atoms with Crippen LogP contribution in [0.25, 0.3) is 0 Å². The zero-order valence-electron chi connectivity index (χ0n) is 11.7. The lowest BCUT2D eigenvalue weighted by Gasteiger charge is -2.39. The number of aromatic nitrogens is 1. The summed E-state index contributed by atoms with van der Waals surface area (Å²) in [7, 11) is 0. The number of nitrogens with zero attached hydrogens (tertiary/aromatic N) is 1. The Morgan fingerprint density at radius 2 is 2.30 bits per heavy atom. The topological polar surface area (TPSA) is 76.5 Å². The first-order valence-corrected chi connectivity index (χ1v) is 6.63. The van der Waals surface area contributed by atoms with E-state index in [2.05, 4.69) is 5.16 Å². The Labute approximate surface area is 116 Å². The molecule has 0 aliphatic heterocycles. The highest BCUT2D eigenvalue weighted by Crippen LogP contribution is 2.47. The molecule has 0 saturated heterocycles. The summed E-state index contributed by atoms with van der Waals surface area (Å²) in [5, 5.41) is 14.7. The molecule has 106 valence electrons. The summed E-state index contributed by atoms with van der Waals surface area (Å²) in [6.45, 7) is 4.99. The second-order valence-electron chi connectivity index (χ2n) is 5.71. The summed E-state index contributed by atoms with van der Waals surface area (Å²) in [5.74, 6) is 0.329. The van der Waals surface area contributed by atoms with Gasteiger partial charge in [-0.1, -0.05) is 5.16 Å². The lowest BCUT2D eigenvalue weighted by molar-refractivity contribution is -0.131. The van der Waals surface area contributed by atoms with E-state index in [0.29, 0.717) is 23.6 Å². The van der Waals surface area contributed by atoms with Crippen molar-refractivity contribution < 1.29 is 18.8 Å². The maximum Gasteiger partial charge on any atom is 0.137 e. The fraction of sp³-hybridized carbons (Fsp3) is 0.467. The van der Waals surface area contributed by atoms with Crippen LogP contribution in [0.2, 0.25) is 0 Å². The van der Waals surface area contributed by atoms with Crippen molar-refractivity contribution in [2.45, 2.75) is 38.7 Å². The molecule has 0 spiro atoms. The molecule has 20 heavy (non-hydrogen) atoms. The summed E-state index contributed by atoms with van der Waals surface area (Å²) in [4.78, 5) is 12.1. The van der Waals surface area contributed by atoms with Crippen molar-refractivity contribution in [2.24, 2.45) is 5.92 Å². The van der Waals surface area contributed by atoms with Crippen LogP contribution in [0.1, 0.15) is 42.5 Å². The van der Waals surface area contributed by atoms with Crippen LogP contribution < -0.4 is 0 Å². The van der Waals surface area contributed by atoms with Gasteiger partial charge in [0.25, 0.3) is 0 Å². The Morgan fingerprint density at radius 3 is 2.90 bits per heavy atom. The standard InChI is InChI=1S/C15H17NO4/c1-8(17)14-13(11-5-4-6-19-11)12-9(2)20-16-10(12)7-15(14,3)18/h4-6,13-14,18H,7H2,1-3H3/t13-,14+,15+/m1/s1. The molecule has 2 heterocycles. The number of furan rings is 1. The van der Waals surface area contributed by atoms with Crippen molar-refractivity contribution in [1.82, 2.24) is 5.16 Å². The normalized spacial score (nSPS) is 29.2. The van der Waals surface area contributed by atoms with E-state index in [0.717, 1.165) is 5.56 Å². The number of ketones is 1. The summed E-state index contributed by atoms with van der Waals surface area (Å²) in [6, 6.07) is 3.59. The minimum atomic E-state index is -1.17. The number of rotatable bonds is 2. The average molecular weight is 275 g/mol. The molecule has 5 heteroatoms. The molecule has 1 aliphatic carbocycles. The Balaban J connectivity index is 2.23. The molecule has 1 N–H and O–H groups in total. The Kier molecular flexibility index (Phi) is 2.83. The second kappa shape index (κ2) is 4.31. The minimum absolute atomic E-state index is 0.0670. The van der Waals surface area contributed by atoms with Crippen LogP contribution in [0.3, 0.4) is 0 Å². The van der Waals surface area contributed by atoms with Gasteiger partial charge in [-0.15, -0.1) is 0 Å². The van der Waals surface area contributed by atoms with Crippen molar-refractivity contribution in [3.63, 3.8) is 0 Å². The van der Waals surface area contributed by atoms with Crippen LogP contribution in [-0.2, 0) is 11.2 Å². The maximum absolute atomic E-state index is 12.1. The van der Waals surface area contributed by atoms with Gasteiger partial charge in [0.1, 0.15) is 17.3 Å². The molecule has 3 atom stereocenters. The predicted molar refractivity (Wildman–Crippen MR) is 70.3 cm³/mol. The highest BCUT2D eigenvalue weighted by Gasteiger charge is 2.50. The van der Waals surface area contributed by atoms with Crippen molar-refractivity contribution in [2.75, 3.05) is 0 Å². The quantitative estimate of drug-likeness (QED) is 0.909. The van der Waals surface area contributed by atoms with E-state index in [9.17, 15) is 9.90 Å². The molecule has 2 aromatic heterocycles. The van der Waals surface area contributed by atoms with Gasteiger partial charge >= 0.3 is 0 Å². The van der Waals surface area contributed by atoms with E-state index in [1.807, 2.05) is 13.0 Å². The van der Waals surface area contributed by atoms with Crippen molar-refractivity contribution in [1.29, 1.82) is 0 Å². The molecule has 2 aromatic rings. The number of carbonyl (C=O) groups is 1. The number of carbonyl (C=O) groups excluding carboxylic acids is 1. The van der Waals surface area contributed by atoms with Gasteiger partial charge in [0.15, 0.2) is 0 Å². The number of aryl methyl sites for hydroxylation is 1. The van der Waals surface area contributed by atoms with Gasteiger partial charge in [-0.3, -0.25) is 4.79 Å². The van der Waals surface area contributed by atoms with E-state index in [4.69, 9.17) is 8.94 Å². The molecule has 0 amide bonds. The van der Waals surface area contributed by atoms with Crippen LogP contribution in [0.4, 0.5) is 0 Å². The largest absolute Gasteiger partial charge is 0.469 e. The van der Waals surface area contributed by atoms with Gasteiger partial charge in [-0.2, -0.15) is 0 Å². The lowest BCUT2D eigenvalue weighted by Crippen LogP contribution is -2.48. The summed E-state index contributed by atoms with van der Waals surface area (Å²) >= 11 is 0. The van der Waals surface area contributed by atoms with E-state index < -0.39 is 11.5 Å². The molecular weight excluding hydrogens is 258 g/mol. The van der Waals surface area contributed by atoms with Crippen LogP contribution >= 0.6 is 0 Å². The zero-order valence-corrected chi connectivity index (χ0v) is 11.7. The van der Waals surface area contributed by atoms with Crippen molar-refractivity contribution in [3.05, 3.63) is 41.2 Å². The molecule has 1 aliphatic rings. The number of hydrogen-bond acceptors (Lipinski definition) is 5. The Morgan fingerprint density at radius 1 is 1.55 bits per heavy atom. The van der Waals surface area contributed by atoms with E-state index in [-0.39, 0.29) is 11.7 Å². The number of fused-ring (bicyclic) bond motifs is 1. The summed E-state index contributed by atoms with van der Waals surface area (Å²) in [5.41, 5.74) is 0.401. The fourth-order valence-corrected chi connectivity index (χ4v) is 3.37. The summed E-state index contributed by atoms with van der Waals surface area (Å²) < 4.78 is 10.7. The number of Topliss-reactive ketones (excluding diaryl/α,β-unsaturated/α-hetero) is 1.